The summed E-state index contributed by atoms with van der Waals surface area (Å²) < 4.78 is 0. The van der Waals surface area contributed by atoms with Gasteiger partial charge in [0.05, 0.1) is 0 Å². The fourth-order valence-corrected chi connectivity index (χ4v) is 2.90. The van der Waals surface area contributed by atoms with Crippen LogP contribution in [0.3, 0.4) is 0 Å². The molecule has 1 aromatic carbocycles. The first-order valence-electron chi connectivity index (χ1n) is 6.08. The van der Waals surface area contributed by atoms with Crippen molar-refractivity contribution in [2.24, 2.45) is 0 Å². The highest BCUT2D eigenvalue weighted by atomic mass is 35.5. The van der Waals surface area contributed by atoms with Gasteiger partial charge < -0.3 is 4.90 Å². The van der Waals surface area contributed by atoms with Gasteiger partial charge in [-0.15, -0.1) is 0 Å². The average Bonchev–Trinajstić information content (AvgIpc) is 2.29. The van der Waals surface area contributed by atoms with E-state index in [1.165, 1.54) is 31.2 Å². The Morgan fingerprint density at radius 2 is 2.06 bits per heavy atom. The topological polar surface area (TPSA) is 3.24 Å². The molecule has 0 spiro atoms. The summed E-state index contributed by atoms with van der Waals surface area (Å²) in [5.74, 6) is 0.694. The van der Waals surface area contributed by atoms with E-state index in [0.717, 1.165) is 11.1 Å². The van der Waals surface area contributed by atoms with E-state index in [-0.39, 0.29) is 0 Å². The van der Waals surface area contributed by atoms with E-state index in [1.807, 2.05) is 6.07 Å². The van der Waals surface area contributed by atoms with Crippen molar-refractivity contribution in [1.82, 2.24) is 4.90 Å². The molecule has 1 aliphatic carbocycles. The maximum atomic E-state index is 6.05. The Morgan fingerprint density at radius 3 is 2.75 bits per heavy atom. The molecule has 0 N–H and O–H groups in total. The zero-order chi connectivity index (χ0) is 11.5. The smallest absolute Gasteiger partial charge is 0.0408 e. The largest absolute Gasteiger partial charge is 0.306 e. The lowest BCUT2D eigenvalue weighted by atomic mass is 9.81. The van der Waals surface area contributed by atoms with Gasteiger partial charge in [-0.05, 0) is 57.0 Å². The Morgan fingerprint density at radius 1 is 1.25 bits per heavy atom. The van der Waals surface area contributed by atoms with Gasteiger partial charge in [0.15, 0.2) is 0 Å². The zero-order valence-corrected chi connectivity index (χ0v) is 10.9. The molecule has 0 bridgehead atoms. The maximum Gasteiger partial charge on any atom is 0.0408 e. The Bertz CT molecular complexity index is 348. The van der Waals surface area contributed by atoms with E-state index in [2.05, 4.69) is 37.2 Å². The molecule has 1 aliphatic rings. The molecule has 2 heteroatoms. The molecular formula is C14H20ClN. The minimum absolute atomic E-state index is 0.694. The van der Waals surface area contributed by atoms with Gasteiger partial charge in [-0.2, -0.15) is 0 Å². The Kier molecular flexibility index (Phi) is 3.88. The predicted molar refractivity (Wildman–Crippen MR) is 70.1 cm³/mol. The van der Waals surface area contributed by atoms with Crippen LogP contribution in [0, 0.1) is 0 Å². The van der Waals surface area contributed by atoms with Crippen LogP contribution in [-0.4, -0.2) is 25.0 Å². The fourth-order valence-electron chi connectivity index (χ4n) is 2.70. The molecular weight excluding hydrogens is 218 g/mol. The minimum atomic E-state index is 0.694. The quantitative estimate of drug-likeness (QED) is 0.754. The molecule has 0 saturated heterocycles. The molecule has 0 aromatic heterocycles. The van der Waals surface area contributed by atoms with Crippen LogP contribution >= 0.6 is 11.6 Å². The number of benzene rings is 1. The van der Waals surface area contributed by atoms with Crippen LogP contribution in [-0.2, 0) is 0 Å². The third-order valence-corrected chi connectivity index (χ3v) is 3.93. The monoisotopic (exact) mass is 237 g/mol. The summed E-state index contributed by atoms with van der Waals surface area (Å²) >= 11 is 6.05. The number of rotatable bonds is 2. The lowest BCUT2D eigenvalue weighted by molar-refractivity contribution is 0.213. The molecule has 0 radical (unpaired) electrons. The van der Waals surface area contributed by atoms with Crippen molar-refractivity contribution in [3.05, 3.63) is 34.9 Å². The first kappa shape index (κ1) is 11.9. The van der Waals surface area contributed by atoms with E-state index in [9.17, 15) is 0 Å². The van der Waals surface area contributed by atoms with E-state index in [0.29, 0.717) is 5.92 Å². The van der Waals surface area contributed by atoms with Gasteiger partial charge in [0.25, 0.3) is 0 Å². The van der Waals surface area contributed by atoms with Crippen LogP contribution < -0.4 is 0 Å². The normalized spacial score (nSPS) is 26.0. The summed E-state index contributed by atoms with van der Waals surface area (Å²) in [5.41, 5.74) is 1.42. The summed E-state index contributed by atoms with van der Waals surface area (Å²) in [6, 6.07) is 9.10. The standard InChI is InChI=1S/C14H20ClN/c1-16(2)14-8-4-6-12(10-14)11-5-3-7-13(15)9-11/h3,5,7,9,12,14H,4,6,8,10H2,1-2H3. The van der Waals surface area contributed by atoms with Crippen molar-refractivity contribution in [3.8, 4) is 0 Å². The van der Waals surface area contributed by atoms with Crippen molar-refractivity contribution >= 4 is 11.6 Å². The molecule has 88 valence electrons. The third-order valence-electron chi connectivity index (χ3n) is 3.70. The first-order valence-corrected chi connectivity index (χ1v) is 6.46. The van der Waals surface area contributed by atoms with Gasteiger partial charge in [0.1, 0.15) is 0 Å². The number of hydrogen-bond acceptors (Lipinski definition) is 1. The number of halogens is 1. The van der Waals surface area contributed by atoms with Crippen LogP contribution in [0.15, 0.2) is 24.3 Å². The van der Waals surface area contributed by atoms with Gasteiger partial charge in [-0.1, -0.05) is 30.2 Å². The SMILES string of the molecule is CN(C)C1CCCC(c2cccc(Cl)c2)C1. The molecule has 1 fully saturated rings. The Labute approximate surface area is 103 Å². The van der Waals surface area contributed by atoms with Crippen LogP contribution in [0.1, 0.15) is 37.2 Å². The van der Waals surface area contributed by atoms with Gasteiger partial charge in [0, 0.05) is 11.1 Å². The Balaban J connectivity index is 2.09. The van der Waals surface area contributed by atoms with Crippen molar-refractivity contribution in [2.45, 2.75) is 37.6 Å². The summed E-state index contributed by atoms with van der Waals surface area (Å²) in [5, 5.41) is 0.865. The van der Waals surface area contributed by atoms with E-state index in [4.69, 9.17) is 11.6 Å². The summed E-state index contributed by atoms with van der Waals surface area (Å²) in [6.07, 6.45) is 5.25. The van der Waals surface area contributed by atoms with Gasteiger partial charge in [0.2, 0.25) is 0 Å². The van der Waals surface area contributed by atoms with Crippen molar-refractivity contribution in [2.75, 3.05) is 14.1 Å². The highest BCUT2D eigenvalue weighted by Crippen LogP contribution is 2.35. The predicted octanol–water partition coefficient (Wildman–Crippen LogP) is 3.93. The van der Waals surface area contributed by atoms with Crippen molar-refractivity contribution in [1.29, 1.82) is 0 Å². The number of hydrogen-bond donors (Lipinski definition) is 0. The van der Waals surface area contributed by atoms with E-state index < -0.39 is 0 Å². The second kappa shape index (κ2) is 5.20. The first-order chi connectivity index (χ1) is 7.66. The lowest BCUT2D eigenvalue weighted by Gasteiger charge is -2.33. The molecule has 1 saturated carbocycles. The van der Waals surface area contributed by atoms with Crippen molar-refractivity contribution < 1.29 is 0 Å². The van der Waals surface area contributed by atoms with Crippen LogP contribution in [0.25, 0.3) is 0 Å². The molecule has 2 rings (SSSR count). The molecule has 2 atom stereocenters. The second-order valence-electron chi connectivity index (χ2n) is 5.04. The number of nitrogens with zero attached hydrogens (tertiary/aromatic N) is 1. The van der Waals surface area contributed by atoms with Gasteiger partial charge >= 0.3 is 0 Å². The molecule has 0 amide bonds. The third kappa shape index (κ3) is 2.78. The van der Waals surface area contributed by atoms with Gasteiger partial charge in [-0.3, -0.25) is 0 Å². The summed E-state index contributed by atoms with van der Waals surface area (Å²) in [7, 11) is 4.37. The molecule has 0 aliphatic heterocycles. The molecule has 1 nitrogen and oxygen atoms in total. The molecule has 1 aromatic rings. The lowest BCUT2D eigenvalue weighted by Crippen LogP contribution is -2.32. The molecule has 2 unspecified atom stereocenters. The van der Waals surface area contributed by atoms with Gasteiger partial charge in [-0.25, -0.2) is 0 Å². The van der Waals surface area contributed by atoms with Crippen LogP contribution in [0.5, 0.6) is 0 Å². The second-order valence-corrected chi connectivity index (χ2v) is 5.47. The summed E-state index contributed by atoms with van der Waals surface area (Å²) in [6.45, 7) is 0. The van der Waals surface area contributed by atoms with Crippen LogP contribution in [0.4, 0.5) is 0 Å². The summed E-state index contributed by atoms with van der Waals surface area (Å²) in [4.78, 5) is 2.36. The maximum absolute atomic E-state index is 6.05. The van der Waals surface area contributed by atoms with E-state index >= 15 is 0 Å². The molecule has 0 heterocycles. The highest BCUT2D eigenvalue weighted by Gasteiger charge is 2.24. The fraction of sp³-hybridized carbons (Fsp3) is 0.571. The van der Waals surface area contributed by atoms with Crippen LogP contribution in [0.2, 0.25) is 5.02 Å². The average molecular weight is 238 g/mol. The Hall–Kier alpha value is -0.530. The minimum Gasteiger partial charge on any atom is -0.306 e. The van der Waals surface area contributed by atoms with Crippen molar-refractivity contribution in [3.63, 3.8) is 0 Å². The highest BCUT2D eigenvalue weighted by molar-refractivity contribution is 6.30. The molecule has 16 heavy (non-hydrogen) atoms. The zero-order valence-electron chi connectivity index (χ0n) is 10.1. The van der Waals surface area contributed by atoms with E-state index in [1.54, 1.807) is 0 Å².